The normalized spacial score (nSPS) is 10.3. The number of ether oxygens (including phenoxy) is 1. The van der Waals surface area contributed by atoms with E-state index in [0.29, 0.717) is 18.2 Å². The number of nitrogens with one attached hydrogen (secondary N) is 3. The quantitative estimate of drug-likeness (QED) is 0.762. The zero-order valence-corrected chi connectivity index (χ0v) is 13.5. The SMILES string of the molecule is CCOc1ccc(Nc2ccc(NC(=O)NC(C)C)nn2)cc1. The molecule has 23 heavy (non-hydrogen) atoms. The Hall–Kier alpha value is -2.83. The lowest BCUT2D eigenvalue weighted by Crippen LogP contribution is -2.34. The van der Waals surface area contributed by atoms with E-state index in [0.717, 1.165) is 11.4 Å². The molecule has 1 aromatic heterocycles. The van der Waals surface area contributed by atoms with Gasteiger partial charge >= 0.3 is 6.03 Å². The molecular formula is C16H21N5O2. The van der Waals surface area contributed by atoms with Gasteiger partial charge in [0.05, 0.1) is 6.61 Å². The van der Waals surface area contributed by atoms with Gasteiger partial charge in [-0.2, -0.15) is 0 Å². The monoisotopic (exact) mass is 315 g/mol. The summed E-state index contributed by atoms with van der Waals surface area (Å²) in [5.74, 6) is 1.80. The number of carbonyl (C=O) groups excluding carboxylic acids is 1. The fraction of sp³-hybridized carbons (Fsp3) is 0.312. The van der Waals surface area contributed by atoms with Crippen LogP contribution in [0.3, 0.4) is 0 Å². The van der Waals surface area contributed by atoms with E-state index in [1.807, 2.05) is 45.0 Å². The Kier molecular flexibility index (Phi) is 5.74. The smallest absolute Gasteiger partial charge is 0.320 e. The van der Waals surface area contributed by atoms with Gasteiger partial charge in [-0.3, -0.25) is 5.32 Å². The maximum absolute atomic E-state index is 11.6. The summed E-state index contributed by atoms with van der Waals surface area (Å²) in [6.45, 7) is 6.35. The molecule has 1 heterocycles. The molecule has 0 aliphatic heterocycles. The standard InChI is InChI=1S/C16H21N5O2/c1-4-23-13-7-5-12(6-8-13)18-14-9-10-15(21-20-14)19-16(22)17-11(2)3/h5-11H,4H2,1-3H3,(H,18,20)(H2,17,19,21,22). The molecular weight excluding hydrogens is 294 g/mol. The van der Waals surface area contributed by atoms with Crippen LogP contribution in [0.2, 0.25) is 0 Å². The highest BCUT2D eigenvalue weighted by Crippen LogP contribution is 2.19. The second kappa shape index (κ2) is 7.98. The number of urea groups is 1. The molecule has 0 aliphatic carbocycles. The Morgan fingerprint density at radius 1 is 1.09 bits per heavy atom. The molecule has 0 fully saturated rings. The van der Waals surface area contributed by atoms with Crippen LogP contribution in [-0.4, -0.2) is 28.9 Å². The second-order valence-corrected chi connectivity index (χ2v) is 5.14. The van der Waals surface area contributed by atoms with E-state index in [4.69, 9.17) is 4.74 Å². The number of hydrogen-bond donors (Lipinski definition) is 3. The summed E-state index contributed by atoms with van der Waals surface area (Å²) in [6.07, 6.45) is 0. The van der Waals surface area contributed by atoms with Crippen LogP contribution in [0.5, 0.6) is 5.75 Å². The minimum absolute atomic E-state index is 0.0589. The summed E-state index contributed by atoms with van der Waals surface area (Å²) in [7, 11) is 0. The Balaban J connectivity index is 1.93. The van der Waals surface area contributed by atoms with Crippen molar-refractivity contribution in [1.29, 1.82) is 0 Å². The third-order valence-corrected chi connectivity index (χ3v) is 2.76. The summed E-state index contributed by atoms with van der Waals surface area (Å²) in [5.41, 5.74) is 0.876. The minimum Gasteiger partial charge on any atom is -0.494 e. The molecule has 0 atom stereocenters. The average molecular weight is 315 g/mol. The average Bonchev–Trinajstić information content (AvgIpc) is 2.51. The number of anilines is 3. The largest absolute Gasteiger partial charge is 0.494 e. The van der Waals surface area contributed by atoms with Gasteiger partial charge in [0.1, 0.15) is 5.75 Å². The van der Waals surface area contributed by atoms with Crippen LogP contribution in [0.15, 0.2) is 36.4 Å². The molecule has 2 rings (SSSR count). The molecule has 2 amide bonds. The second-order valence-electron chi connectivity index (χ2n) is 5.14. The first-order chi connectivity index (χ1) is 11.1. The van der Waals surface area contributed by atoms with Gasteiger partial charge in [0.25, 0.3) is 0 Å². The Morgan fingerprint density at radius 3 is 2.30 bits per heavy atom. The highest BCUT2D eigenvalue weighted by atomic mass is 16.5. The van der Waals surface area contributed by atoms with E-state index < -0.39 is 0 Å². The fourth-order valence-electron chi connectivity index (χ4n) is 1.83. The van der Waals surface area contributed by atoms with Crippen LogP contribution >= 0.6 is 0 Å². The van der Waals surface area contributed by atoms with Gasteiger partial charge < -0.3 is 15.4 Å². The first-order valence-electron chi connectivity index (χ1n) is 7.48. The van der Waals surface area contributed by atoms with Crippen molar-refractivity contribution in [3.8, 4) is 5.75 Å². The Bertz CT molecular complexity index is 626. The minimum atomic E-state index is -0.304. The molecule has 0 saturated heterocycles. The molecule has 0 radical (unpaired) electrons. The number of carbonyl (C=O) groups is 1. The number of hydrogen-bond acceptors (Lipinski definition) is 5. The van der Waals surface area contributed by atoms with Crippen LogP contribution in [0.4, 0.5) is 22.1 Å². The van der Waals surface area contributed by atoms with Crippen LogP contribution in [-0.2, 0) is 0 Å². The molecule has 122 valence electrons. The lowest BCUT2D eigenvalue weighted by atomic mass is 10.3. The summed E-state index contributed by atoms with van der Waals surface area (Å²) in [5, 5.41) is 16.5. The van der Waals surface area contributed by atoms with Gasteiger partial charge in [0.2, 0.25) is 0 Å². The van der Waals surface area contributed by atoms with Crippen molar-refractivity contribution in [2.24, 2.45) is 0 Å². The Morgan fingerprint density at radius 2 is 1.74 bits per heavy atom. The summed E-state index contributed by atoms with van der Waals surface area (Å²) in [4.78, 5) is 11.6. The van der Waals surface area contributed by atoms with E-state index in [2.05, 4.69) is 26.1 Å². The predicted octanol–water partition coefficient (Wildman–Crippen LogP) is 3.15. The summed E-state index contributed by atoms with van der Waals surface area (Å²) in [6, 6.07) is 10.7. The van der Waals surface area contributed by atoms with Crippen molar-refractivity contribution in [1.82, 2.24) is 15.5 Å². The predicted molar refractivity (Wildman–Crippen MR) is 90.2 cm³/mol. The van der Waals surface area contributed by atoms with Gasteiger partial charge in [-0.15, -0.1) is 10.2 Å². The Labute approximate surface area is 135 Å². The molecule has 0 spiro atoms. The summed E-state index contributed by atoms with van der Waals surface area (Å²) >= 11 is 0. The number of nitrogens with zero attached hydrogens (tertiary/aromatic N) is 2. The lowest BCUT2D eigenvalue weighted by Gasteiger charge is -2.10. The van der Waals surface area contributed by atoms with Crippen LogP contribution < -0.4 is 20.7 Å². The van der Waals surface area contributed by atoms with Gasteiger partial charge in [0.15, 0.2) is 11.6 Å². The van der Waals surface area contributed by atoms with Crippen molar-refractivity contribution in [2.45, 2.75) is 26.8 Å². The first-order valence-corrected chi connectivity index (χ1v) is 7.48. The van der Waals surface area contributed by atoms with E-state index >= 15 is 0 Å². The highest BCUT2D eigenvalue weighted by molar-refractivity contribution is 5.88. The third-order valence-electron chi connectivity index (χ3n) is 2.76. The van der Waals surface area contributed by atoms with Crippen LogP contribution in [0.25, 0.3) is 0 Å². The first kappa shape index (κ1) is 16.5. The van der Waals surface area contributed by atoms with Crippen molar-refractivity contribution >= 4 is 23.4 Å². The maximum Gasteiger partial charge on any atom is 0.320 e. The number of benzene rings is 1. The molecule has 0 aliphatic rings. The fourth-order valence-corrected chi connectivity index (χ4v) is 1.83. The zero-order chi connectivity index (χ0) is 16.7. The highest BCUT2D eigenvalue weighted by Gasteiger charge is 2.05. The molecule has 1 aromatic carbocycles. The van der Waals surface area contributed by atoms with Crippen molar-refractivity contribution in [2.75, 3.05) is 17.2 Å². The molecule has 0 unspecified atom stereocenters. The number of aromatic nitrogens is 2. The maximum atomic E-state index is 11.6. The van der Waals surface area contributed by atoms with Gasteiger partial charge in [-0.05, 0) is 57.2 Å². The number of rotatable bonds is 6. The molecule has 0 bridgehead atoms. The van der Waals surface area contributed by atoms with Crippen LogP contribution in [0.1, 0.15) is 20.8 Å². The molecule has 0 saturated carbocycles. The van der Waals surface area contributed by atoms with E-state index in [1.54, 1.807) is 12.1 Å². The molecule has 7 heteroatoms. The van der Waals surface area contributed by atoms with Gasteiger partial charge in [-0.1, -0.05) is 0 Å². The van der Waals surface area contributed by atoms with E-state index in [9.17, 15) is 4.79 Å². The molecule has 2 aromatic rings. The van der Waals surface area contributed by atoms with Gasteiger partial charge in [0, 0.05) is 11.7 Å². The topological polar surface area (TPSA) is 88.2 Å². The van der Waals surface area contributed by atoms with Crippen molar-refractivity contribution in [3.05, 3.63) is 36.4 Å². The lowest BCUT2D eigenvalue weighted by molar-refractivity contribution is 0.250. The van der Waals surface area contributed by atoms with Gasteiger partial charge in [-0.25, -0.2) is 4.79 Å². The number of amides is 2. The third kappa shape index (κ3) is 5.46. The van der Waals surface area contributed by atoms with Crippen molar-refractivity contribution < 1.29 is 9.53 Å². The van der Waals surface area contributed by atoms with E-state index in [1.165, 1.54) is 0 Å². The summed E-state index contributed by atoms with van der Waals surface area (Å²) < 4.78 is 5.39. The van der Waals surface area contributed by atoms with Crippen molar-refractivity contribution in [3.63, 3.8) is 0 Å². The van der Waals surface area contributed by atoms with Crippen LogP contribution in [0, 0.1) is 0 Å². The zero-order valence-electron chi connectivity index (χ0n) is 13.5. The molecule has 3 N–H and O–H groups in total. The molecule has 7 nitrogen and oxygen atoms in total. The van der Waals surface area contributed by atoms with E-state index in [-0.39, 0.29) is 12.1 Å².